The molecule has 2 unspecified atom stereocenters. The van der Waals surface area contributed by atoms with E-state index in [1.54, 1.807) is 0 Å². The second-order valence-electron chi connectivity index (χ2n) is 5.40. The fourth-order valence-electron chi connectivity index (χ4n) is 2.84. The van der Waals surface area contributed by atoms with Crippen LogP contribution in [0.25, 0.3) is 0 Å². The van der Waals surface area contributed by atoms with E-state index in [-0.39, 0.29) is 24.5 Å². The Balaban J connectivity index is 1.83. The third-order valence-corrected chi connectivity index (χ3v) is 4.00. The van der Waals surface area contributed by atoms with Crippen molar-refractivity contribution in [1.82, 2.24) is 10.2 Å². The monoisotopic (exact) mass is 270 g/mol. The number of nitrogens with one attached hydrogen (secondary N) is 1. The minimum absolute atomic E-state index is 0.00116. The summed E-state index contributed by atoms with van der Waals surface area (Å²) in [5, 5.41) is 12.4. The van der Waals surface area contributed by atoms with E-state index in [4.69, 9.17) is 4.74 Å². The van der Waals surface area contributed by atoms with Crippen LogP contribution < -0.4 is 5.32 Å². The molecule has 2 N–H and O–H groups in total. The summed E-state index contributed by atoms with van der Waals surface area (Å²) in [5.41, 5.74) is 0. The molecule has 6 heteroatoms. The largest absolute Gasteiger partial charge is 0.480 e. The van der Waals surface area contributed by atoms with E-state index in [1.165, 1.54) is 4.90 Å². The first kappa shape index (κ1) is 14.3. The second kappa shape index (κ2) is 6.34. The zero-order chi connectivity index (χ0) is 13.8. The van der Waals surface area contributed by atoms with Gasteiger partial charge >= 0.3 is 5.97 Å². The Kier molecular flexibility index (Phi) is 4.76. The molecule has 2 aliphatic rings. The van der Waals surface area contributed by atoms with Crippen LogP contribution in [0.15, 0.2) is 0 Å². The van der Waals surface area contributed by atoms with E-state index in [0.29, 0.717) is 6.54 Å². The van der Waals surface area contributed by atoms with Crippen LogP contribution in [0.4, 0.5) is 0 Å². The van der Waals surface area contributed by atoms with Crippen molar-refractivity contribution in [3.8, 4) is 0 Å². The highest BCUT2D eigenvalue weighted by Gasteiger charge is 2.39. The quantitative estimate of drug-likeness (QED) is 0.756. The molecule has 0 aromatic carbocycles. The molecule has 2 atom stereocenters. The number of carboxylic acids is 1. The minimum atomic E-state index is -0.916. The van der Waals surface area contributed by atoms with E-state index in [2.05, 4.69) is 5.32 Å². The number of rotatable bonds is 4. The Morgan fingerprint density at radius 3 is 2.63 bits per heavy atom. The molecule has 2 fully saturated rings. The first-order valence-electron chi connectivity index (χ1n) is 6.94. The Bertz CT molecular complexity index is 342. The van der Waals surface area contributed by atoms with Crippen molar-refractivity contribution in [1.29, 1.82) is 0 Å². The van der Waals surface area contributed by atoms with Crippen molar-refractivity contribution >= 4 is 11.9 Å². The number of carbonyl (C=O) groups excluding carboxylic acids is 1. The molecule has 0 saturated carbocycles. The highest BCUT2D eigenvalue weighted by Crippen LogP contribution is 2.24. The number of carboxylic acid groups (broad SMARTS) is 1. The number of hydrogen-bond donors (Lipinski definition) is 2. The lowest BCUT2D eigenvalue weighted by molar-refractivity contribution is -0.152. The first-order valence-corrected chi connectivity index (χ1v) is 6.94. The van der Waals surface area contributed by atoms with E-state index in [0.717, 1.165) is 32.4 Å². The van der Waals surface area contributed by atoms with Gasteiger partial charge in [0.05, 0.1) is 6.10 Å². The third-order valence-electron chi connectivity index (χ3n) is 4.00. The summed E-state index contributed by atoms with van der Waals surface area (Å²) >= 11 is 0. The minimum Gasteiger partial charge on any atom is -0.480 e. The number of piperidine rings is 1. The Morgan fingerprint density at radius 2 is 2.00 bits per heavy atom. The average Bonchev–Trinajstić information content (AvgIpc) is 2.79. The predicted octanol–water partition coefficient (Wildman–Crippen LogP) is 0.0766. The number of ether oxygens (including phenoxy) is 1. The molecular weight excluding hydrogens is 248 g/mol. The predicted molar refractivity (Wildman–Crippen MR) is 68.8 cm³/mol. The molecule has 0 aliphatic carbocycles. The Morgan fingerprint density at radius 1 is 1.32 bits per heavy atom. The Hall–Kier alpha value is -1.14. The number of hydrogen-bond acceptors (Lipinski definition) is 4. The molecule has 108 valence electrons. The van der Waals surface area contributed by atoms with Gasteiger partial charge in [-0.1, -0.05) is 6.92 Å². The fourth-order valence-corrected chi connectivity index (χ4v) is 2.84. The van der Waals surface area contributed by atoms with Crippen molar-refractivity contribution in [3.63, 3.8) is 0 Å². The molecular formula is C13H22N2O4. The van der Waals surface area contributed by atoms with Gasteiger partial charge in [-0.15, -0.1) is 0 Å². The molecule has 0 spiro atoms. The van der Waals surface area contributed by atoms with Crippen molar-refractivity contribution in [2.45, 2.75) is 38.3 Å². The van der Waals surface area contributed by atoms with Crippen LogP contribution in [0.2, 0.25) is 0 Å². The van der Waals surface area contributed by atoms with Gasteiger partial charge in [-0.25, -0.2) is 4.79 Å². The van der Waals surface area contributed by atoms with Crippen LogP contribution in [0.1, 0.15) is 26.2 Å². The van der Waals surface area contributed by atoms with E-state index >= 15 is 0 Å². The number of likely N-dealkylation sites (tertiary alicyclic amines) is 1. The molecule has 2 rings (SSSR count). The summed E-state index contributed by atoms with van der Waals surface area (Å²) in [6.45, 7) is 4.22. The average molecular weight is 270 g/mol. The van der Waals surface area contributed by atoms with Gasteiger partial charge in [-0.3, -0.25) is 4.79 Å². The lowest BCUT2D eigenvalue weighted by atomic mass is 10.0. The molecule has 2 saturated heterocycles. The Labute approximate surface area is 113 Å². The zero-order valence-electron chi connectivity index (χ0n) is 11.3. The normalized spacial score (nSPS) is 28.6. The number of carbonyl (C=O) groups is 2. The molecule has 0 radical (unpaired) electrons. The van der Waals surface area contributed by atoms with Crippen LogP contribution in [0.5, 0.6) is 0 Å². The van der Waals surface area contributed by atoms with Crippen LogP contribution in [0, 0.1) is 5.92 Å². The van der Waals surface area contributed by atoms with Gasteiger partial charge in [0, 0.05) is 6.54 Å². The van der Waals surface area contributed by atoms with Gasteiger partial charge in [-0.2, -0.15) is 0 Å². The van der Waals surface area contributed by atoms with Gasteiger partial charge in [0.1, 0.15) is 12.6 Å². The molecule has 19 heavy (non-hydrogen) atoms. The summed E-state index contributed by atoms with van der Waals surface area (Å²) in [7, 11) is 0. The van der Waals surface area contributed by atoms with Crippen LogP contribution in [-0.4, -0.2) is 60.3 Å². The highest BCUT2D eigenvalue weighted by atomic mass is 16.5. The molecule has 0 bridgehead atoms. The lowest BCUT2D eigenvalue weighted by Crippen LogP contribution is -2.45. The smallest absolute Gasteiger partial charge is 0.326 e. The van der Waals surface area contributed by atoms with Crippen molar-refractivity contribution in [2.75, 3.05) is 26.2 Å². The van der Waals surface area contributed by atoms with Gasteiger partial charge in [0.25, 0.3) is 0 Å². The van der Waals surface area contributed by atoms with Crippen LogP contribution >= 0.6 is 0 Å². The molecule has 2 aliphatic heterocycles. The topological polar surface area (TPSA) is 78.9 Å². The first-order chi connectivity index (χ1) is 9.09. The summed E-state index contributed by atoms with van der Waals surface area (Å²) in [6, 6.07) is -0.691. The van der Waals surface area contributed by atoms with Gasteiger partial charge in [-0.05, 0) is 38.3 Å². The molecule has 2 heterocycles. The summed E-state index contributed by atoms with van der Waals surface area (Å²) in [4.78, 5) is 24.7. The van der Waals surface area contributed by atoms with Gasteiger partial charge in [0.15, 0.2) is 0 Å². The van der Waals surface area contributed by atoms with E-state index in [1.807, 2.05) is 6.92 Å². The van der Waals surface area contributed by atoms with Crippen molar-refractivity contribution in [3.05, 3.63) is 0 Å². The maximum atomic E-state index is 12.1. The fraction of sp³-hybridized carbons (Fsp3) is 0.846. The molecule has 0 aromatic heterocycles. The third kappa shape index (κ3) is 3.45. The van der Waals surface area contributed by atoms with E-state index < -0.39 is 12.0 Å². The second-order valence-corrected chi connectivity index (χ2v) is 5.40. The molecule has 1 amide bonds. The highest BCUT2D eigenvalue weighted by molar-refractivity contribution is 5.85. The van der Waals surface area contributed by atoms with Crippen molar-refractivity contribution < 1.29 is 19.4 Å². The SMILES string of the molecule is CC1CCN(C(=O)COC2CCNCC2)C1C(=O)O. The molecule has 0 aromatic rings. The number of aliphatic carboxylic acids is 1. The van der Waals surface area contributed by atoms with E-state index in [9.17, 15) is 14.7 Å². The summed E-state index contributed by atoms with van der Waals surface area (Å²) in [6.07, 6.45) is 2.68. The number of amides is 1. The molecule has 6 nitrogen and oxygen atoms in total. The van der Waals surface area contributed by atoms with Gasteiger partial charge < -0.3 is 20.1 Å². The number of nitrogens with zero attached hydrogens (tertiary/aromatic N) is 1. The van der Waals surface area contributed by atoms with Crippen molar-refractivity contribution in [2.24, 2.45) is 5.92 Å². The van der Waals surface area contributed by atoms with Gasteiger partial charge in [0.2, 0.25) is 5.91 Å². The summed E-state index contributed by atoms with van der Waals surface area (Å²) in [5.74, 6) is -1.10. The maximum absolute atomic E-state index is 12.1. The van der Waals surface area contributed by atoms with Crippen LogP contribution in [0.3, 0.4) is 0 Å². The lowest BCUT2D eigenvalue weighted by Gasteiger charge is -2.26. The van der Waals surface area contributed by atoms with Crippen LogP contribution in [-0.2, 0) is 14.3 Å². The standard InChI is InChI=1S/C13H22N2O4/c1-9-4-7-15(12(9)13(17)18)11(16)8-19-10-2-5-14-6-3-10/h9-10,12,14H,2-8H2,1H3,(H,17,18). The zero-order valence-corrected chi connectivity index (χ0v) is 11.3. The summed E-state index contributed by atoms with van der Waals surface area (Å²) < 4.78 is 5.60. The maximum Gasteiger partial charge on any atom is 0.326 e.